The molecular weight excluding hydrogens is 156 g/mol. The van der Waals surface area contributed by atoms with Crippen molar-refractivity contribution >= 4 is 0 Å². The Morgan fingerprint density at radius 1 is 1.23 bits per heavy atom. The summed E-state index contributed by atoms with van der Waals surface area (Å²) in [5, 5.41) is 0. The van der Waals surface area contributed by atoms with E-state index in [1.165, 1.54) is 6.42 Å². The molecule has 0 heterocycles. The van der Waals surface area contributed by atoms with Gasteiger partial charge in [0, 0.05) is 0 Å². The molecule has 0 saturated carbocycles. The summed E-state index contributed by atoms with van der Waals surface area (Å²) in [6.45, 7) is 18.2. The van der Waals surface area contributed by atoms with Gasteiger partial charge in [-0.15, -0.1) is 13.2 Å². The Morgan fingerprint density at radius 2 is 1.62 bits per heavy atom. The normalized spacial score (nSPS) is 12.4. The summed E-state index contributed by atoms with van der Waals surface area (Å²) in [6, 6.07) is 0. The summed E-state index contributed by atoms with van der Waals surface area (Å²) in [7, 11) is 0. The van der Waals surface area contributed by atoms with Crippen LogP contribution in [0.25, 0.3) is 0 Å². The van der Waals surface area contributed by atoms with E-state index in [0.29, 0.717) is 5.41 Å². The zero-order valence-electron chi connectivity index (χ0n) is 10.1. The Hall–Kier alpha value is -0.520. The number of hydrogen-bond acceptors (Lipinski definition) is 0. The number of rotatable bonds is 3. The van der Waals surface area contributed by atoms with Crippen LogP contribution in [0.15, 0.2) is 25.3 Å². The fraction of sp³-hybridized carbons (Fsp3) is 0.692. The molecule has 0 saturated heterocycles. The van der Waals surface area contributed by atoms with Crippen molar-refractivity contribution in [2.45, 2.75) is 47.5 Å². The molecule has 0 heteroatoms. The van der Waals surface area contributed by atoms with Crippen LogP contribution in [0.2, 0.25) is 0 Å². The maximum atomic E-state index is 3.71. The van der Waals surface area contributed by atoms with Crippen LogP contribution in [0.5, 0.6) is 0 Å². The lowest BCUT2D eigenvalue weighted by atomic mass is 9.79. The third kappa shape index (κ3) is 11.5. The van der Waals surface area contributed by atoms with Crippen LogP contribution in [-0.4, -0.2) is 0 Å². The van der Waals surface area contributed by atoms with Gasteiger partial charge in [0.2, 0.25) is 0 Å². The predicted molar refractivity (Wildman–Crippen MR) is 63.9 cm³/mol. The molecule has 0 aromatic carbocycles. The SMILES string of the molecule is C=CC.C=CCCC(C)C(C)(C)C. The Kier molecular flexibility index (Phi) is 9.33. The second-order valence-corrected chi connectivity index (χ2v) is 4.54. The Labute approximate surface area is 84.7 Å². The molecule has 1 unspecified atom stereocenters. The average molecular weight is 182 g/mol. The molecule has 78 valence electrons. The Balaban J connectivity index is 0. The van der Waals surface area contributed by atoms with Crippen LogP contribution >= 0.6 is 0 Å². The van der Waals surface area contributed by atoms with E-state index in [1.54, 1.807) is 6.08 Å². The van der Waals surface area contributed by atoms with Crippen molar-refractivity contribution in [2.75, 3.05) is 0 Å². The fourth-order valence-corrected chi connectivity index (χ4v) is 0.801. The third-order valence-corrected chi connectivity index (χ3v) is 2.28. The smallest absolute Gasteiger partial charge is 0.0351 e. The molecule has 0 rings (SSSR count). The van der Waals surface area contributed by atoms with Gasteiger partial charge in [-0.1, -0.05) is 39.8 Å². The minimum atomic E-state index is 0.461. The predicted octanol–water partition coefficient (Wildman–Crippen LogP) is 4.83. The molecule has 0 aromatic heterocycles. The van der Waals surface area contributed by atoms with Gasteiger partial charge in [-0.3, -0.25) is 0 Å². The van der Waals surface area contributed by atoms with E-state index < -0.39 is 0 Å². The van der Waals surface area contributed by atoms with Crippen molar-refractivity contribution in [3.8, 4) is 0 Å². The van der Waals surface area contributed by atoms with Crippen LogP contribution in [0, 0.1) is 11.3 Å². The van der Waals surface area contributed by atoms with E-state index in [-0.39, 0.29) is 0 Å². The lowest BCUT2D eigenvalue weighted by Crippen LogP contribution is -2.16. The van der Waals surface area contributed by atoms with Gasteiger partial charge >= 0.3 is 0 Å². The molecule has 0 radical (unpaired) electrons. The van der Waals surface area contributed by atoms with Crippen LogP contribution in [0.3, 0.4) is 0 Å². The minimum Gasteiger partial charge on any atom is -0.103 e. The lowest BCUT2D eigenvalue weighted by Gasteiger charge is -2.26. The first-order valence-electron chi connectivity index (χ1n) is 5.08. The van der Waals surface area contributed by atoms with Crippen molar-refractivity contribution in [2.24, 2.45) is 11.3 Å². The first-order valence-corrected chi connectivity index (χ1v) is 5.08. The van der Waals surface area contributed by atoms with Gasteiger partial charge in [0.1, 0.15) is 0 Å². The molecule has 13 heavy (non-hydrogen) atoms. The van der Waals surface area contributed by atoms with E-state index in [9.17, 15) is 0 Å². The van der Waals surface area contributed by atoms with Crippen molar-refractivity contribution in [1.82, 2.24) is 0 Å². The second kappa shape index (κ2) is 8.10. The molecule has 0 amide bonds. The molecule has 0 aliphatic heterocycles. The quantitative estimate of drug-likeness (QED) is 0.548. The Bertz CT molecular complexity index is 125. The number of allylic oxidation sites excluding steroid dienone is 2. The van der Waals surface area contributed by atoms with E-state index >= 15 is 0 Å². The first kappa shape index (κ1) is 15.0. The Morgan fingerprint density at radius 3 is 1.85 bits per heavy atom. The highest BCUT2D eigenvalue weighted by Crippen LogP contribution is 2.28. The average Bonchev–Trinajstić information content (AvgIpc) is 1.99. The monoisotopic (exact) mass is 182 g/mol. The lowest BCUT2D eigenvalue weighted by molar-refractivity contribution is 0.248. The molecule has 0 aromatic rings. The molecular formula is C13H26. The zero-order valence-corrected chi connectivity index (χ0v) is 10.1. The maximum Gasteiger partial charge on any atom is -0.0351 e. The van der Waals surface area contributed by atoms with Crippen LogP contribution in [0.1, 0.15) is 47.5 Å². The van der Waals surface area contributed by atoms with Gasteiger partial charge in [-0.2, -0.15) is 0 Å². The van der Waals surface area contributed by atoms with Crippen molar-refractivity contribution in [3.63, 3.8) is 0 Å². The minimum absolute atomic E-state index is 0.461. The molecule has 0 aliphatic carbocycles. The zero-order chi connectivity index (χ0) is 10.9. The molecule has 0 nitrogen and oxygen atoms in total. The largest absolute Gasteiger partial charge is 0.103 e. The third-order valence-electron chi connectivity index (χ3n) is 2.28. The number of hydrogen-bond donors (Lipinski definition) is 0. The summed E-state index contributed by atoms with van der Waals surface area (Å²) in [5.74, 6) is 0.797. The van der Waals surface area contributed by atoms with Crippen LogP contribution < -0.4 is 0 Å². The van der Waals surface area contributed by atoms with Crippen LogP contribution in [-0.2, 0) is 0 Å². The van der Waals surface area contributed by atoms with Gasteiger partial charge in [0.25, 0.3) is 0 Å². The van der Waals surface area contributed by atoms with Crippen molar-refractivity contribution < 1.29 is 0 Å². The van der Waals surface area contributed by atoms with Gasteiger partial charge in [-0.05, 0) is 31.1 Å². The molecule has 0 fully saturated rings. The molecule has 0 N–H and O–H groups in total. The maximum absolute atomic E-state index is 3.71. The topological polar surface area (TPSA) is 0 Å². The van der Waals surface area contributed by atoms with Crippen molar-refractivity contribution in [1.29, 1.82) is 0 Å². The molecule has 0 bridgehead atoms. The highest BCUT2D eigenvalue weighted by Gasteiger charge is 2.18. The van der Waals surface area contributed by atoms with E-state index in [2.05, 4.69) is 40.9 Å². The van der Waals surface area contributed by atoms with Gasteiger partial charge in [0.15, 0.2) is 0 Å². The summed E-state index contributed by atoms with van der Waals surface area (Å²) >= 11 is 0. The highest BCUT2D eigenvalue weighted by atomic mass is 14.2. The van der Waals surface area contributed by atoms with Crippen molar-refractivity contribution in [3.05, 3.63) is 25.3 Å². The first-order chi connectivity index (χ1) is 5.90. The van der Waals surface area contributed by atoms with E-state index in [1.807, 2.05) is 13.0 Å². The standard InChI is InChI=1S/C10H20.C3H6/c1-6-7-8-9(2)10(3,4)5;1-3-2/h6,9H,1,7-8H2,2-5H3;3H,1H2,2H3. The molecule has 0 aliphatic rings. The molecule has 1 atom stereocenters. The summed E-state index contributed by atoms with van der Waals surface area (Å²) in [5.41, 5.74) is 0.461. The van der Waals surface area contributed by atoms with Gasteiger partial charge < -0.3 is 0 Å². The second-order valence-electron chi connectivity index (χ2n) is 4.54. The summed E-state index contributed by atoms with van der Waals surface area (Å²) in [4.78, 5) is 0. The molecule has 0 spiro atoms. The van der Waals surface area contributed by atoms with Gasteiger partial charge in [0.05, 0.1) is 0 Å². The summed E-state index contributed by atoms with van der Waals surface area (Å²) in [6.07, 6.45) is 6.17. The fourth-order valence-electron chi connectivity index (χ4n) is 0.801. The highest BCUT2D eigenvalue weighted by molar-refractivity contribution is 4.74. The van der Waals surface area contributed by atoms with E-state index in [4.69, 9.17) is 0 Å². The van der Waals surface area contributed by atoms with Crippen LogP contribution in [0.4, 0.5) is 0 Å². The summed E-state index contributed by atoms with van der Waals surface area (Å²) < 4.78 is 0. The van der Waals surface area contributed by atoms with Gasteiger partial charge in [-0.25, -0.2) is 0 Å². The van der Waals surface area contributed by atoms with E-state index in [0.717, 1.165) is 12.3 Å².